The minimum Gasteiger partial charge on any atom is -0.317 e. The molecule has 0 saturated heterocycles. The van der Waals surface area contributed by atoms with Crippen molar-refractivity contribution in [1.29, 1.82) is 5.26 Å². The molecule has 0 radical (unpaired) electrons. The number of anilines is 1. The van der Waals surface area contributed by atoms with Crippen molar-refractivity contribution in [1.82, 2.24) is 14.8 Å². The van der Waals surface area contributed by atoms with Gasteiger partial charge in [0.25, 0.3) is 0 Å². The Morgan fingerprint density at radius 3 is 3.04 bits per heavy atom. The second kappa shape index (κ2) is 7.92. The Bertz CT molecular complexity index is 931. The van der Waals surface area contributed by atoms with E-state index in [1.807, 2.05) is 6.07 Å². The number of aromatic nitrogens is 3. The van der Waals surface area contributed by atoms with Gasteiger partial charge >= 0.3 is 0 Å². The monoisotopic (exact) mass is 373 g/mol. The van der Waals surface area contributed by atoms with Crippen LogP contribution in [0.1, 0.15) is 12.0 Å². The van der Waals surface area contributed by atoms with E-state index in [0.717, 1.165) is 0 Å². The lowest BCUT2D eigenvalue weighted by Gasteiger charge is -2.07. The molecule has 6 nitrogen and oxygen atoms in total. The number of carbonyl (C=O) groups is 1. The van der Waals surface area contributed by atoms with Crippen LogP contribution in [-0.2, 0) is 4.79 Å². The fourth-order valence-corrected chi connectivity index (χ4v) is 3.67. The van der Waals surface area contributed by atoms with Gasteiger partial charge in [-0.3, -0.25) is 9.36 Å². The Balaban J connectivity index is 1.59. The first-order valence-electron chi connectivity index (χ1n) is 7.24. The first-order valence-corrected chi connectivity index (χ1v) is 9.10. The maximum Gasteiger partial charge on any atom is 0.225 e. The van der Waals surface area contributed by atoms with E-state index in [2.05, 4.69) is 15.5 Å². The number of hydrogen-bond donors (Lipinski definition) is 1. The Kier molecular flexibility index (Phi) is 5.42. The summed E-state index contributed by atoms with van der Waals surface area (Å²) in [6.45, 7) is 0. The molecule has 0 aliphatic heterocycles. The maximum absolute atomic E-state index is 13.9. The highest BCUT2D eigenvalue weighted by Crippen LogP contribution is 2.24. The second-order valence-electron chi connectivity index (χ2n) is 4.86. The molecule has 0 aliphatic rings. The molecule has 2 heterocycles. The summed E-state index contributed by atoms with van der Waals surface area (Å²) in [7, 11) is 0. The molecule has 0 unspecified atom stereocenters. The number of nitrogens with zero attached hydrogens (tertiary/aromatic N) is 4. The van der Waals surface area contributed by atoms with Crippen LogP contribution in [0, 0.1) is 17.1 Å². The smallest absolute Gasteiger partial charge is 0.225 e. The largest absolute Gasteiger partial charge is 0.317 e. The SMILES string of the molecule is N#Cc1ccsc1NC(=O)CCSc1nncn1-c1ccccc1F. The molecule has 9 heteroatoms. The molecule has 3 aromatic rings. The molecule has 0 bridgehead atoms. The van der Waals surface area contributed by atoms with E-state index in [1.165, 1.54) is 35.5 Å². The minimum absolute atomic E-state index is 0.191. The fraction of sp³-hybridized carbons (Fsp3) is 0.125. The summed E-state index contributed by atoms with van der Waals surface area (Å²) in [5, 5.41) is 22.2. The van der Waals surface area contributed by atoms with E-state index < -0.39 is 0 Å². The lowest BCUT2D eigenvalue weighted by molar-refractivity contribution is -0.115. The van der Waals surface area contributed by atoms with Gasteiger partial charge in [0, 0.05) is 12.2 Å². The summed E-state index contributed by atoms with van der Waals surface area (Å²) >= 11 is 2.61. The quantitative estimate of drug-likeness (QED) is 0.669. The first kappa shape index (κ1) is 17.1. The number of nitriles is 1. The summed E-state index contributed by atoms with van der Waals surface area (Å²) in [6, 6.07) is 10.0. The third-order valence-electron chi connectivity index (χ3n) is 3.23. The van der Waals surface area contributed by atoms with Crippen molar-refractivity contribution in [3.63, 3.8) is 0 Å². The van der Waals surface area contributed by atoms with Crippen LogP contribution in [0.15, 0.2) is 47.2 Å². The number of halogens is 1. The highest BCUT2D eigenvalue weighted by molar-refractivity contribution is 7.99. The number of benzene rings is 1. The molecule has 3 rings (SSSR count). The third-order valence-corrected chi connectivity index (χ3v) is 5.00. The van der Waals surface area contributed by atoms with Crippen LogP contribution in [0.25, 0.3) is 5.69 Å². The zero-order chi connectivity index (χ0) is 17.6. The van der Waals surface area contributed by atoms with Crippen molar-refractivity contribution in [3.8, 4) is 11.8 Å². The predicted octanol–water partition coefficient (Wildman–Crippen LogP) is 3.46. The Labute approximate surface area is 151 Å². The van der Waals surface area contributed by atoms with Crippen LogP contribution in [0.3, 0.4) is 0 Å². The van der Waals surface area contributed by atoms with Gasteiger partial charge in [-0.2, -0.15) is 5.26 Å². The zero-order valence-corrected chi connectivity index (χ0v) is 14.5. The van der Waals surface area contributed by atoms with Crippen molar-refractivity contribution in [2.75, 3.05) is 11.1 Å². The number of para-hydroxylation sites is 1. The number of amides is 1. The summed E-state index contributed by atoms with van der Waals surface area (Å²) in [4.78, 5) is 12.0. The van der Waals surface area contributed by atoms with Gasteiger partial charge in [-0.25, -0.2) is 4.39 Å². The van der Waals surface area contributed by atoms with E-state index in [1.54, 1.807) is 34.2 Å². The van der Waals surface area contributed by atoms with Gasteiger partial charge in [0.05, 0.1) is 11.3 Å². The van der Waals surface area contributed by atoms with Crippen molar-refractivity contribution < 1.29 is 9.18 Å². The number of nitrogens with one attached hydrogen (secondary N) is 1. The highest BCUT2D eigenvalue weighted by Gasteiger charge is 2.12. The molecular weight excluding hydrogens is 361 g/mol. The van der Waals surface area contributed by atoms with Gasteiger partial charge in [-0.1, -0.05) is 23.9 Å². The van der Waals surface area contributed by atoms with Crippen molar-refractivity contribution in [2.45, 2.75) is 11.6 Å². The lowest BCUT2D eigenvalue weighted by Crippen LogP contribution is -2.12. The third kappa shape index (κ3) is 4.04. The zero-order valence-electron chi connectivity index (χ0n) is 12.8. The van der Waals surface area contributed by atoms with Crippen LogP contribution >= 0.6 is 23.1 Å². The summed E-state index contributed by atoms with van der Waals surface area (Å²) in [5.41, 5.74) is 0.807. The average molecular weight is 373 g/mol. The predicted molar refractivity (Wildman–Crippen MR) is 94.3 cm³/mol. The Hall–Kier alpha value is -2.70. The summed E-state index contributed by atoms with van der Waals surface area (Å²) in [6.07, 6.45) is 1.67. The molecular formula is C16H12FN5OS2. The van der Waals surface area contributed by atoms with Gasteiger partial charge in [-0.05, 0) is 23.6 Å². The highest BCUT2D eigenvalue weighted by atomic mass is 32.2. The molecule has 25 heavy (non-hydrogen) atoms. The van der Waals surface area contributed by atoms with E-state index >= 15 is 0 Å². The van der Waals surface area contributed by atoms with Crippen LogP contribution in [0.5, 0.6) is 0 Å². The van der Waals surface area contributed by atoms with E-state index in [0.29, 0.717) is 27.2 Å². The van der Waals surface area contributed by atoms with Gasteiger partial charge in [0.2, 0.25) is 5.91 Å². The van der Waals surface area contributed by atoms with Crippen molar-refractivity contribution in [2.24, 2.45) is 0 Å². The summed E-state index contributed by atoms with van der Waals surface area (Å²) < 4.78 is 15.4. The number of hydrogen-bond acceptors (Lipinski definition) is 6. The molecule has 0 fully saturated rings. The molecule has 1 N–H and O–H groups in total. The number of rotatable bonds is 6. The molecule has 2 aromatic heterocycles. The average Bonchev–Trinajstić information content (AvgIpc) is 3.24. The minimum atomic E-state index is -0.372. The molecule has 0 saturated carbocycles. The molecule has 1 amide bonds. The number of thiophene rings is 1. The van der Waals surface area contributed by atoms with E-state index in [4.69, 9.17) is 5.26 Å². The molecule has 0 atom stereocenters. The topological polar surface area (TPSA) is 83.6 Å². The van der Waals surface area contributed by atoms with Crippen LogP contribution in [-0.4, -0.2) is 26.4 Å². The molecule has 0 spiro atoms. The Morgan fingerprint density at radius 1 is 1.40 bits per heavy atom. The normalized spacial score (nSPS) is 10.4. The fourth-order valence-electron chi connectivity index (χ4n) is 2.05. The van der Waals surface area contributed by atoms with Crippen LogP contribution in [0.2, 0.25) is 0 Å². The Morgan fingerprint density at radius 2 is 2.24 bits per heavy atom. The van der Waals surface area contributed by atoms with E-state index in [9.17, 15) is 9.18 Å². The van der Waals surface area contributed by atoms with E-state index in [-0.39, 0.29) is 18.1 Å². The van der Waals surface area contributed by atoms with Gasteiger partial charge in [0.1, 0.15) is 23.2 Å². The standard InChI is InChI=1S/C16H12FN5OS2/c17-12-3-1-2-4-13(12)22-10-19-21-16(22)25-8-6-14(23)20-15-11(9-18)5-7-24-15/h1-5,7,10H,6,8H2,(H,20,23). The molecule has 0 aliphatic carbocycles. The second-order valence-corrected chi connectivity index (χ2v) is 6.83. The number of carbonyl (C=O) groups excluding carboxylic acids is 1. The first-order chi connectivity index (χ1) is 12.2. The van der Waals surface area contributed by atoms with Crippen molar-refractivity contribution in [3.05, 3.63) is 53.4 Å². The van der Waals surface area contributed by atoms with Crippen LogP contribution < -0.4 is 5.32 Å². The number of thioether (sulfide) groups is 1. The van der Waals surface area contributed by atoms with Gasteiger partial charge in [-0.15, -0.1) is 21.5 Å². The van der Waals surface area contributed by atoms with Gasteiger partial charge < -0.3 is 5.32 Å². The van der Waals surface area contributed by atoms with Gasteiger partial charge in [0.15, 0.2) is 5.16 Å². The van der Waals surface area contributed by atoms with Crippen LogP contribution in [0.4, 0.5) is 9.39 Å². The van der Waals surface area contributed by atoms with Crippen molar-refractivity contribution >= 4 is 34.0 Å². The molecule has 126 valence electrons. The summed E-state index contributed by atoms with van der Waals surface area (Å²) in [5.74, 6) is -0.112. The maximum atomic E-state index is 13.9. The molecule has 1 aromatic carbocycles. The lowest BCUT2D eigenvalue weighted by atomic mass is 10.3.